The topological polar surface area (TPSA) is 139 Å². The van der Waals surface area contributed by atoms with Gasteiger partial charge in [-0.25, -0.2) is 14.3 Å². The summed E-state index contributed by atoms with van der Waals surface area (Å²) in [7, 11) is 0. The summed E-state index contributed by atoms with van der Waals surface area (Å²) in [5.41, 5.74) is 8.21. The number of fused-ring (bicyclic) bond motifs is 1. The molecule has 2 atom stereocenters. The number of pyridine rings is 2. The SMILES string of the molecule is CCOc1cc(-c2ccc(N3CCN(C(=O)[C@@H](CC(C)CC(C)(C)C)OC(N)=O)CC3)nc2)c2c(C#N)cnn2c1. The Bertz CT molecular complexity index is 1410. The average Bonchev–Trinajstić information content (AvgIpc) is 3.34. The molecule has 11 nitrogen and oxygen atoms in total. The van der Waals surface area contributed by atoms with Crippen LogP contribution in [0, 0.1) is 22.7 Å². The van der Waals surface area contributed by atoms with E-state index in [2.05, 4.69) is 43.8 Å². The Kier molecular flexibility index (Phi) is 9.01. The molecule has 3 aromatic rings. The molecule has 41 heavy (non-hydrogen) atoms. The summed E-state index contributed by atoms with van der Waals surface area (Å²) in [5, 5.41) is 13.9. The van der Waals surface area contributed by atoms with Gasteiger partial charge in [-0.3, -0.25) is 4.79 Å². The molecule has 4 rings (SSSR count). The fraction of sp³-hybridized carbons (Fsp3) is 0.500. The van der Waals surface area contributed by atoms with Gasteiger partial charge < -0.3 is 25.0 Å². The highest BCUT2D eigenvalue weighted by Gasteiger charge is 2.32. The Morgan fingerprint density at radius 1 is 1.17 bits per heavy atom. The van der Waals surface area contributed by atoms with Crippen molar-refractivity contribution in [3.8, 4) is 22.9 Å². The number of hydrogen-bond donors (Lipinski definition) is 1. The zero-order valence-corrected chi connectivity index (χ0v) is 24.5. The Morgan fingerprint density at radius 3 is 2.49 bits per heavy atom. The molecular weight excluding hydrogens is 522 g/mol. The number of nitrogens with zero attached hydrogens (tertiary/aromatic N) is 6. The maximum Gasteiger partial charge on any atom is 0.405 e. The fourth-order valence-corrected chi connectivity index (χ4v) is 5.57. The number of rotatable bonds is 9. The standard InChI is InChI=1S/C30H39N7O4/c1-6-40-23-14-24(27-22(16-31)18-34-37(27)19-23)21-7-8-26(33-17-21)35-9-11-36(12-10-35)28(38)25(41-29(32)39)13-20(2)15-30(3,4)5/h7-8,14,17-20,25H,6,9-13,15H2,1-5H3,(H2,32,39)/t20?,25-/m1/s1. The molecule has 1 aliphatic rings. The first-order chi connectivity index (χ1) is 19.5. The van der Waals surface area contributed by atoms with Crippen molar-refractivity contribution in [3.05, 3.63) is 42.4 Å². The molecule has 4 heterocycles. The first kappa shape index (κ1) is 29.6. The van der Waals surface area contributed by atoms with Gasteiger partial charge in [-0.2, -0.15) is 10.4 Å². The van der Waals surface area contributed by atoms with Gasteiger partial charge in [-0.05, 0) is 49.3 Å². The minimum Gasteiger partial charge on any atom is -0.492 e. The molecule has 0 aromatic carbocycles. The molecule has 3 aromatic heterocycles. The lowest BCUT2D eigenvalue weighted by Crippen LogP contribution is -2.52. The first-order valence-corrected chi connectivity index (χ1v) is 14.0. The van der Waals surface area contributed by atoms with E-state index in [1.165, 1.54) is 0 Å². The number of nitrogens with two attached hydrogens (primary N) is 1. The second-order valence-electron chi connectivity index (χ2n) is 11.7. The van der Waals surface area contributed by atoms with Crippen LogP contribution in [0.4, 0.5) is 10.6 Å². The van der Waals surface area contributed by atoms with Gasteiger partial charge in [0.2, 0.25) is 0 Å². The van der Waals surface area contributed by atoms with Gasteiger partial charge in [-0.15, -0.1) is 0 Å². The van der Waals surface area contributed by atoms with E-state index in [1.807, 2.05) is 25.1 Å². The molecule has 0 spiro atoms. The molecule has 11 heteroatoms. The van der Waals surface area contributed by atoms with Crippen LogP contribution in [0.2, 0.25) is 0 Å². The summed E-state index contributed by atoms with van der Waals surface area (Å²) in [5.74, 6) is 1.42. The summed E-state index contributed by atoms with van der Waals surface area (Å²) < 4.78 is 12.6. The van der Waals surface area contributed by atoms with Gasteiger partial charge in [-0.1, -0.05) is 27.7 Å². The Morgan fingerprint density at radius 2 is 1.90 bits per heavy atom. The predicted octanol–water partition coefficient (Wildman–Crippen LogP) is 4.24. The third-order valence-corrected chi connectivity index (χ3v) is 7.10. The van der Waals surface area contributed by atoms with Crippen molar-refractivity contribution >= 4 is 23.3 Å². The van der Waals surface area contributed by atoms with Gasteiger partial charge in [0.05, 0.1) is 30.1 Å². The molecule has 218 valence electrons. The molecule has 2 amide bonds. The zero-order valence-electron chi connectivity index (χ0n) is 24.5. The lowest BCUT2D eigenvalue weighted by Gasteiger charge is -2.37. The number of piperazine rings is 1. The summed E-state index contributed by atoms with van der Waals surface area (Å²) in [6, 6.07) is 8.01. The van der Waals surface area contributed by atoms with Crippen LogP contribution in [0.15, 0.2) is 36.8 Å². The third-order valence-electron chi connectivity index (χ3n) is 7.10. The summed E-state index contributed by atoms with van der Waals surface area (Å²) in [6.45, 7) is 13.1. The zero-order chi connectivity index (χ0) is 29.7. The lowest BCUT2D eigenvalue weighted by atomic mass is 9.83. The predicted molar refractivity (Wildman–Crippen MR) is 155 cm³/mol. The van der Waals surface area contributed by atoms with Crippen LogP contribution in [0.25, 0.3) is 16.6 Å². The third kappa shape index (κ3) is 7.25. The van der Waals surface area contributed by atoms with Crippen molar-refractivity contribution < 1.29 is 19.1 Å². The molecule has 1 unspecified atom stereocenters. The van der Waals surface area contributed by atoms with E-state index in [4.69, 9.17) is 20.2 Å². The first-order valence-electron chi connectivity index (χ1n) is 14.0. The number of primary amides is 1. The van der Waals surface area contributed by atoms with Crippen molar-refractivity contribution in [2.45, 2.75) is 53.6 Å². The molecule has 0 aliphatic carbocycles. The van der Waals surface area contributed by atoms with Gasteiger partial charge in [0.1, 0.15) is 17.6 Å². The Balaban J connectivity index is 1.45. The molecule has 0 radical (unpaired) electrons. The van der Waals surface area contributed by atoms with Crippen LogP contribution in [0.1, 0.15) is 53.0 Å². The number of carbonyl (C=O) groups excluding carboxylic acids is 2. The van der Waals surface area contributed by atoms with E-state index >= 15 is 0 Å². The van der Waals surface area contributed by atoms with Crippen LogP contribution in [0.3, 0.4) is 0 Å². The van der Waals surface area contributed by atoms with Crippen molar-refractivity contribution in [2.75, 3.05) is 37.7 Å². The van der Waals surface area contributed by atoms with Crippen LogP contribution in [0.5, 0.6) is 5.75 Å². The minimum absolute atomic E-state index is 0.100. The van der Waals surface area contributed by atoms with Crippen molar-refractivity contribution in [3.63, 3.8) is 0 Å². The maximum absolute atomic E-state index is 13.3. The van der Waals surface area contributed by atoms with Crippen LogP contribution >= 0.6 is 0 Å². The molecule has 1 aliphatic heterocycles. The molecule has 1 saturated heterocycles. The number of hydrogen-bond acceptors (Lipinski definition) is 8. The van der Waals surface area contributed by atoms with Crippen molar-refractivity contribution in [1.29, 1.82) is 5.26 Å². The number of nitriles is 1. The highest BCUT2D eigenvalue weighted by atomic mass is 16.6. The normalized spacial score (nSPS) is 15.3. The average molecular weight is 562 g/mol. The summed E-state index contributed by atoms with van der Waals surface area (Å²) >= 11 is 0. The smallest absolute Gasteiger partial charge is 0.405 e. The summed E-state index contributed by atoms with van der Waals surface area (Å²) in [4.78, 5) is 33.4. The van der Waals surface area contributed by atoms with Crippen LogP contribution < -0.4 is 15.4 Å². The van der Waals surface area contributed by atoms with Crippen molar-refractivity contribution in [2.24, 2.45) is 17.1 Å². The van der Waals surface area contributed by atoms with Gasteiger partial charge >= 0.3 is 6.09 Å². The lowest BCUT2D eigenvalue weighted by molar-refractivity contribution is -0.141. The fourth-order valence-electron chi connectivity index (χ4n) is 5.57. The second kappa shape index (κ2) is 12.5. The highest BCUT2D eigenvalue weighted by molar-refractivity contribution is 5.85. The molecule has 0 bridgehead atoms. The second-order valence-corrected chi connectivity index (χ2v) is 11.7. The molecular formula is C30H39N7O4. The van der Waals surface area contributed by atoms with Gasteiger partial charge in [0, 0.05) is 43.5 Å². The van der Waals surface area contributed by atoms with Gasteiger partial charge in [0.25, 0.3) is 5.91 Å². The number of aromatic nitrogens is 3. The maximum atomic E-state index is 13.3. The van der Waals surface area contributed by atoms with E-state index in [1.54, 1.807) is 28.0 Å². The molecule has 2 N–H and O–H groups in total. The summed E-state index contributed by atoms with van der Waals surface area (Å²) in [6.07, 6.45) is 4.59. The minimum atomic E-state index is -0.934. The highest BCUT2D eigenvalue weighted by Crippen LogP contribution is 2.32. The number of anilines is 1. The Labute approximate surface area is 240 Å². The number of amides is 2. The van der Waals surface area contributed by atoms with E-state index in [9.17, 15) is 14.9 Å². The van der Waals surface area contributed by atoms with Crippen molar-refractivity contribution in [1.82, 2.24) is 19.5 Å². The van der Waals surface area contributed by atoms with Gasteiger partial charge in [0.15, 0.2) is 6.10 Å². The largest absolute Gasteiger partial charge is 0.492 e. The van der Waals surface area contributed by atoms with E-state index < -0.39 is 12.2 Å². The van der Waals surface area contributed by atoms with Crippen LogP contribution in [-0.4, -0.2) is 70.4 Å². The molecule has 1 fully saturated rings. The Hall–Kier alpha value is -4.33. The van der Waals surface area contributed by atoms with E-state index in [0.29, 0.717) is 56.0 Å². The van der Waals surface area contributed by atoms with E-state index in [-0.39, 0.29) is 17.2 Å². The quantitative estimate of drug-likeness (QED) is 0.409. The van der Waals surface area contributed by atoms with E-state index in [0.717, 1.165) is 23.4 Å². The molecule has 0 saturated carbocycles. The monoisotopic (exact) mass is 561 g/mol. The number of ether oxygens (including phenoxy) is 2. The number of carbonyl (C=O) groups is 2. The van der Waals surface area contributed by atoms with Crippen LogP contribution in [-0.2, 0) is 9.53 Å².